The van der Waals surface area contributed by atoms with Gasteiger partial charge in [-0.2, -0.15) is 0 Å². The Hall–Kier alpha value is -2.54. The zero-order valence-corrected chi connectivity index (χ0v) is 14.1. The Balaban J connectivity index is 1.72. The Morgan fingerprint density at radius 3 is 2.42 bits per heavy atom. The Labute approximate surface area is 140 Å². The van der Waals surface area contributed by atoms with Gasteiger partial charge >= 0.3 is 0 Å². The number of amides is 1. The van der Waals surface area contributed by atoms with Gasteiger partial charge in [0.05, 0.1) is 10.9 Å². The summed E-state index contributed by atoms with van der Waals surface area (Å²) in [6.07, 6.45) is 1.16. The molecule has 1 N–H and O–H groups in total. The van der Waals surface area contributed by atoms with Gasteiger partial charge in [0, 0.05) is 11.8 Å². The molecule has 2 aromatic carbocycles. The zero-order chi connectivity index (χ0) is 17.3. The second-order valence-corrected chi connectivity index (χ2v) is 7.62. The number of benzene rings is 2. The average molecular weight is 347 g/mol. The highest BCUT2D eigenvalue weighted by atomic mass is 32.2. The van der Waals surface area contributed by atoms with Gasteiger partial charge in [-0.25, -0.2) is 8.42 Å². The third-order valence-corrected chi connectivity index (χ3v) is 4.92. The number of nitrogens with one attached hydrogen (secondary N) is 1. The van der Waals surface area contributed by atoms with Gasteiger partial charge in [-0.05, 0) is 42.8 Å². The molecule has 6 nitrogen and oxygen atoms in total. The predicted octanol–water partition coefficient (Wildman–Crippen LogP) is 2.31. The molecule has 1 atom stereocenters. The summed E-state index contributed by atoms with van der Waals surface area (Å²) < 4.78 is 33.4. The van der Waals surface area contributed by atoms with Crippen molar-refractivity contribution in [3.05, 3.63) is 53.6 Å². The van der Waals surface area contributed by atoms with Crippen molar-refractivity contribution in [3.8, 4) is 11.5 Å². The summed E-state index contributed by atoms with van der Waals surface area (Å²) in [5.41, 5.74) is 1.29. The molecule has 24 heavy (non-hydrogen) atoms. The minimum Gasteiger partial charge on any atom is -0.454 e. The van der Waals surface area contributed by atoms with Crippen molar-refractivity contribution in [2.75, 3.05) is 13.0 Å². The number of rotatable bonds is 4. The molecule has 0 saturated heterocycles. The number of hydrogen-bond acceptors (Lipinski definition) is 5. The van der Waals surface area contributed by atoms with E-state index in [2.05, 4.69) is 5.32 Å². The second kappa shape index (κ2) is 6.16. The second-order valence-electron chi connectivity index (χ2n) is 5.60. The normalized spacial score (nSPS) is 14.2. The van der Waals surface area contributed by atoms with Crippen molar-refractivity contribution in [1.82, 2.24) is 5.32 Å². The molecular formula is C17H17NO5S. The Morgan fingerprint density at radius 2 is 1.75 bits per heavy atom. The van der Waals surface area contributed by atoms with E-state index in [1.54, 1.807) is 30.3 Å². The largest absolute Gasteiger partial charge is 0.454 e. The average Bonchev–Trinajstić information content (AvgIpc) is 3.01. The molecule has 0 saturated carbocycles. The van der Waals surface area contributed by atoms with E-state index in [0.717, 1.165) is 11.8 Å². The number of ether oxygens (including phenoxy) is 2. The molecule has 0 unspecified atom stereocenters. The zero-order valence-electron chi connectivity index (χ0n) is 13.3. The van der Waals surface area contributed by atoms with E-state index in [1.165, 1.54) is 12.1 Å². The fourth-order valence-corrected chi connectivity index (χ4v) is 3.04. The van der Waals surface area contributed by atoms with Crippen LogP contribution < -0.4 is 14.8 Å². The quantitative estimate of drug-likeness (QED) is 0.918. The van der Waals surface area contributed by atoms with Gasteiger partial charge in [-0.3, -0.25) is 4.79 Å². The van der Waals surface area contributed by atoms with Crippen LogP contribution in [0.25, 0.3) is 0 Å². The smallest absolute Gasteiger partial charge is 0.251 e. The number of carbonyl (C=O) groups is 1. The molecule has 3 rings (SSSR count). The van der Waals surface area contributed by atoms with Crippen LogP contribution in [-0.2, 0) is 9.84 Å². The van der Waals surface area contributed by atoms with Crippen LogP contribution in [0.15, 0.2) is 47.4 Å². The first kappa shape index (κ1) is 16.3. The van der Waals surface area contributed by atoms with Crippen LogP contribution in [0.4, 0.5) is 0 Å². The number of fused-ring (bicyclic) bond motifs is 1. The van der Waals surface area contributed by atoms with Crippen LogP contribution in [0.3, 0.4) is 0 Å². The van der Waals surface area contributed by atoms with Gasteiger partial charge in [0.1, 0.15) is 0 Å². The molecule has 0 radical (unpaired) electrons. The fraction of sp³-hybridized carbons (Fsp3) is 0.235. The lowest BCUT2D eigenvalue weighted by Gasteiger charge is -2.15. The van der Waals surface area contributed by atoms with Gasteiger partial charge in [-0.15, -0.1) is 0 Å². The van der Waals surface area contributed by atoms with Crippen LogP contribution in [0.2, 0.25) is 0 Å². The van der Waals surface area contributed by atoms with Crippen LogP contribution in [-0.4, -0.2) is 27.4 Å². The molecule has 1 aliphatic rings. The van der Waals surface area contributed by atoms with E-state index in [4.69, 9.17) is 9.47 Å². The van der Waals surface area contributed by atoms with Crippen molar-refractivity contribution in [2.24, 2.45) is 0 Å². The lowest BCUT2D eigenvalue weighted by molar-refractivity contribution is 0.0939. The van der Waals surface area contributed by atoms with Crippen LogP contribution in [0.5, 0.6) is 11.5 Å². The number of hydrogen-bond donors (Lipinski definition) is 1. The molecule has 1 aliphatic heterocycles. The third-order valence-electron chi connectivity index (χ3n) is 3.79. The van der Waals surface area contributed by atoms with E-state index < -0.39 is 9.84 Å². The van der Waals surface area contributed by atoms with E-state index in [1.807, 2.05) is 6.92 Å². The van der Waals surface area contributed by atoms with E-state index >= 15 is 0 Å². The molecule has 1 heterocycles. The van der Waals surface area contributed by atoms with Gasteiger partial charge in [0.2, 0.25) is 6.79 Å². The van der Waals surface area contributed by atoms with Crippen molar-refractivity contribution in [1.29, 1.82) is 0 Å². The Kier molecular flexibility index (Phi) is 4.19. The topological polar surface area (TPSA) is 81.7 Å². The lowest BCUT2D eigenvalue weighted by Crippen LogP contribution is -2.26. The van der Waals surface area contributed by atoms with Gasteiger partial charge < -0.3 is 14.8 Å². The third kappa shape index (κ3) is 3.35. The van der Waals surface area contributed by atoms with Gasteiger partial charge in [-0.1, -0.05) is 12.1 Å². The molecule has 0 aromatic heterocycles. The standard InChI is InChI=1S/C17H17NO5S/c1-11(12-3-6-14(7-4-12)24(2,20)21)18-17(19)13-5-8-15-16(9-13)23-10-22-15/h3-9,11H,10H2,1-2H3,(H,18,19)/t11-/m0/s1. The maximum Gasteiger partial charge on any atom is 0.251 e. The summed E-state index contributed by atoms with van der Waals surface area (Å²) >= 11 is 0. The molecule has 2 aromatic rings. The van der Waals surface area contributed by atoms with Crippen molar-refractivity contribution >= 4 is 15.7 Å². The molecular weight excluding hydrogens is 330 g/mol. The highest BCUT2D eigenvalue weighted by molar-refractivity contribution is 7.90. The SMILES string of the molecule is C[C@H](NC(=O)c1ccc2c(c1)OCO2)c1ccc(S(C)(=O)=O)cc1. The summed E-state index contributed by atoms with van der Waals surface area (Å²) in [6.45, 7) is 1.99. The van der Waals surface area contributed by atoms with Crippen molar-refractivity contribution in [3.63, 3.8) is 0 Å². The first-order valence-electron chi connectivity index (χ1n) is 7.35. The maximum absolute atomic E-state index is 12.4. The molecule has 126 valence electrons. The number of carbonyl (C=O) groups excluding carboxylic acids is 1. The highest BCUT2D eigenvalue weighted by Crippen LogP contribution is 2.32. The van der Waals surface area contributed by atoms with Gasteiger partial charge in [0.15, 0.2) is 21.3 Å². The summed E-state index contributed by atoms with van der Waals surface area (Å²) in [4.78, 5) is 12.6. The Bertz CT molecular complexity index is 874. The summed E-state index contributed by atoms with van der Waals surface area (Å²) in [6, 6.07) is 11.2. The molecule has 0 fully saturated rings. The monoisotopic (exact) mass is 347 g/mol. The number of sulfone groups is 1. The minimum atomic E-state index is -3.23. The first-order valence-corrected chi connectivity index (χ1v) is 9.24. The first-order chi connectivity index (χ1) is 11.3. The lowest BCUT2D eigenvalue weighted by atomic mass is 10.1. The molecule has 7 heteroatoms. The van der Waals surface area contributed by atoms with Gasteiger partial charge in [0.25, 0.3) is 5.91 Å². The fourth-order valence-electron chi connectivity index (χ4n) is 2.40. The van der Waals surface area contributed by atoms with E-state index in [-0.39, 0.29) is 23.6 Å². The summed E-state index contributed by atoms with van der Waals surface area (Å²) in [5, 5.41) is 2.88. The molecule has 0 spiro atoms. The summed E-state index contributed by atoms with van der Waals surface area (Å²) in [5.74, 6) is 0.928. The highest BCUT2D eigenvalue weighted by Gasteiger charge is 2.18. The summed E-state index contributed by atoms with van der Waals surface area (Å²) in [7, 11) is -3.23. The predicted molar refractivity (Wildman–Crippen MR) is 88.0 cm³/mol. The minimum absolute atomic E-state index is 0.156. The molecule has 1 amide bonds. The Morgan fingerprint density at radius 1 is 1.08 bits per heavy atom. The van der Waals surface area contributed by atoms with E-state index in [9.17, 15) is 13.2 Å². The van der Waals surface area contributed by atoms with Crippen molar-refractivity contribution in [2.45, 2.75) is 17.9 Å². The van der Waals surface area contributed by atoms with Crippen molar-refractivity contribution < 1.29 is 22.7 Å². The van der Waals surface area contributed by atoms with Crippen LogP contribution in [0.1, 0.15) is 28.9 Å². The molecule has 0 bridgehead atoms. The van der Waals surface area contributed by atoms with E-state index in [0.29, 0.717) is 17.1 Å². The van der Waals surface area contributed by atoms with Crippen LogP contribution in [0, 0.1) is 0 Å². The molecule has 0 aliphatic carbocycles. The van der Waals surface area contributed by atoms with Crippen LogP contribution >= 0.6 is 0 Å². The maximum atomic E-state index is 12.4.